The van der Waals surface area contributed by atoms with Crippen molar-refractivity contribution in [1.82, 2.24) is 0 Å². The zero-order valence-electron chi connectivity index (χ0n) is 7.33. The number of rotatable bonds is 2. The molecule has 0 N–H and O–H groups in total. The molecule has 1 rings (SSSR count). The lowest BCUT2D eigenvalue weighted by molar-refractivity contribution is -0.422. The Morgan fingerprint density at radius 3 is 2.86 bits per heavy atom. The first-order chi connectivity index (χ1) is 6.50. The van der Waals surface area contributed by atoms with Gasteiger partial charge >= 0.3 is 0 Å². The molecule has 1 aromatic rings. The van der Waals surface area contributed by atoms with E-state index in [2.05, 4.69) is 15.9 Å². The average molecular weight is 260 g/mol. The van der Waals surface area contributed by atoms with E-state index < -0.39 is 10.7 Å². The molecule has 0 aromatic heterocycles. The molecule has 0 atom stereocenters. The summed E-state index contributed by atoms with van der Waals surface area (Å²) in [5.74, 6) is -0.477. The van der Waals surface area contributed by atoms with E-state index in [9.17, 15) is 14.5 Å². The number of nitro groups is 1. The van der Waals surface area contributed by atoms with Crippen LogP contribution in [0.4, 0.5) is 4.39 Å². The molecule has 3 nitrogen and oxygen atoms in total. The molecule has 0 amide bonds. The molecular weight excluding hydrogens is 253 g/mol. The first kappa shape index (κ1) is 10.8. The number of allylic oxidation sites excluding steroid dienone is 1. The number of halogens is 2. The molecule has 74 valence electrons. The van der Waals surface area contributed by atoms with E-state index in [4.69, 9.17) is 0 Å². The van der Waals surface area contributed by atoms with Gasteiger partial charge < -0.3 is 0 Å². The second-order valence-electron chi connectivity index (χ2n) is 2.71. The van der Waals surface area contributed by atoms with Crippen molar-refractivity contribution < 1.29 is 9.31 Å². The predicted molar refractivity (Wildman–Crippen MR) is 54.7 cm³/mol. The van der Waals surface area contributed by atoms with Crippen molar-refractivity contribution in [2.45, 2.75) is 6.92 Å². The molecule has 0 aliphatic heterocycles. The first-order valence-electron chi connectivity index (χ1n) is 3.78. The number of nitrogens with zero attached hydrogens (tertiary/aromatic N) is 1. The third-order valence-corrected chi connectivity index (χ3v) is 2.10. The van der Waals surface area contributed by atoms with Crippen molar-refractivity contribution in [2.75, 3.05) is 0 Å². The lowest BCUT2D eigenvalue weighted by Crippen LogP contribution is -1.94. The normalized spacial score (nSPS) is 11.5. The summed E-state index contributed by atoms with van der Waals surface area (Å²) in [6, 6.07) is 4.28. The van der Waals surface area contributed by atoms with Crippen molar-refractivity contribution >= 4 is 22.0 Å². The van der Waals surface area contributed by atoms with Gasteiger partial charge in [-0.25, -0.2) is 4.39 Å². The maximum absolute atomic E-state index is 13.1. The van der Waals surface area contributed by atoms with Gasteiger partial charge in [-0.05, 0) is 18.2 Å². The van der Waals surface area contributed by atoms with Gasteiger partial charge in [-0.15, -0.1) is 0 Å². The molecule has 0 radical (unpaired) electrons. The van der Waals surface area contributed by atoms with Gasteiger partial charge in [0, 0.05) is 23.0 Å². The van der Waals surface area contributed by atoms with Gasteiger partial charge in [0.2, 0.25) is 5.70 Å². The highest BCUT2D eigenvalue weighted by Crippen LogP contribution is 2.18. The third kappa shape index (κ3) is 2.63. The molecule has 0 saturated heterocycles. The zero-order valence-corrected chi connectivity index (χ0v) is 8.92. The van der Waals surface area contributed by atoms with Gasteiger partial charge in [0.25, 0.3) is 0 Å². The summed E-state index contributed by atoms with van der Waals surface area (Å²) in [5.41, 5.74) is 0.107. The first-order valence-corrected chi connectivity index (χ1v) is 4.58. The summed E-state index contributed by atoms with van der Waals surface area (Å²) >= 11 is 3.16. The zero-order chi connectivity index (χ0) is 10.7. The Kier molecular flexibility index (Phi) is 3.35. The van der Waals surface area contributed by atoms with Crippen molar-refractivity contribution in [2.24, 2.45) is 0 Å². The van der Waals surface area contributed by atoms with Gasteiger partial charge in [-0.2, -0.15) is 0 Å². The molecule has 0 aliphatic carbocycles. The van der Waals surface area contributed by atoms with Crippen LogP contribution in [0.2, 0.25) is 0 Å². The van der Waals surface area contributed by atoms with Gasteiger partial charge in [0.05, 0.1) is 4.92 Å². The van der Waals surface area contributed by atoms with Crippen LogP contribution in [-0.4, -0.2) is 4.92 Å². The molecule has 0 unspecified atom stereocenters. The van der Waals surface area contributed by atoms with E-state index >= 15 is 0 Å². The fourth-order valence-electron chi connectivity index (χ4n) is 0.903. The Labute approximate surface area is 88.5 Å². The monoisotopic (exact) mass is 259 g/mol. The van der Waals surface area contributed by atoms with Crippen LogP contribution in [0.3, 0.4) is 0 Å². The van der Waals surface area contributed by atoms with Crippen molar-refractivity contribution in [3.8, 4) is 0 Å². The molecule has 0 heterocycles. The van der Waals surface area contributed by atoms with E-state index in [1.165, 1.54) is 31.2 Å². The Bertz CT molecular complexity index is 404. The van der Waals surface area contributed by atoms with Crippen LogP contribution in [0.15, 0.2) is 28.4 Å². The fourth-order valence-corrected chi connectivity index (χ4v) is 1.28. The van der Waals surface area contributed by atoms with Crippen LogP contribution in [0.5, 0.6) is 0 Å². The summed E-state index contributed by atoms with van der Waals surface area (Å²) in [4.78, 5) is 9.75. The predicted octanol–water partition coefficient (Wildman–Crippen LogP) is 3.23. The second-order valence-corrected chi connectivity index (χ2v) is 3.62. The summed E-state index contributed by atoms with van der Waals surface area (Å²) < 4.78 is 13.8. The molecule has 5 heteroatoms. The molecule has 0 saturated carbocycles. The lowest BCUT2D eigenvalue weighted by atomic mass is 10.2. The maximum atomic E-state index is 13.1. The molecule has 1 aromatic carbocycles. The van der Waals surface area contributed by atoms with E-state index in [1.54, 1.807) is 0 Å². The highest BCUT2D eigenvalue weighted by Gasteiger charge is 2.06. The standard InChI is InChI=1S/C9H7BrFNO2/c1-6(12(13)14)4-7-5-8(10)2-3-9(7)11/h2-5H,1H3. The maximum Gasteiger partial charge on any atom is 0.243 e. The number of hydrogen-bond donors (Lipinski definition) is 0. The van der Waals surface area contributed by atoms with Crippen molar-refractivity contribution in [3.63, 3.8) is 0 Å². The second kappa shape index (κ2) is 4.32. The van der Waals surface area contributed by atoms with Gasteiger partial charge in [0.1, 0.15) is 5.82 Å². The van der Waals surface area contributed by atoms with Gasteiger partial charge in [-0.3, -0.25) is 10.1 Å². The average Bonchev–Trinajstić information content (AvgIpc) is 2.11. The van der Waals surface area contributed by atoms with Gasteiger partial charge in [0.15, 0.2) is 0 Å². The SMILES string of the molecule is CC(=Cc1cc(Br)ccc1F)[N+](=O)[O-]. The Morgan fingerprint density at radius 2 is 2.29 bits per heavy atom. The summed E-state index contributed by atoms with van der Waals surface area (Å²) in [5, 5.41) is 10.3. The van der Waals surface area contributed by atoms with E-state index in [0.29, 0.717) is 4.47 Å². The Hall–Kier alpha value is -1.23. The van der Waals surface area contributed by atoms with E-state index in [1.807, 2.05) is 0 Å². The molecule has 0 spiro atoms. The molecule has 14 heavy (non-hydrogen) atoms. The van der Waals surface area contributed by atoms with Crippen molar-refractivity contribution in [1.29, 1.82) is 0 Å². The molecule has 0 aliphatic rings. The van der Waals surface area contributed by atoms with E-state index in [0.717, 1.165) is 0 Å². The lowest BCUT2D eigenvalue weighted by Gasteiger charge is -1.97. The van der Waals surface area contributed by atoms with Crippen LogP contribution < -0.4 is 0 Å². The Morgan fingerprint density at radius 1 is 1.64 bits per heavy atom. The third-order valence-electron chi connectivity index (χ3n) is 1.61. The number of benzene rings is 1. The van der Waals surface area contributed by atoms with Crippen LogP contribution in [0, 0.1) is 15.9 Å². The molecule has 0 bridgehead atoms. The van der Waals surface area contributed by atoms with Crippen LogP contribution in [-0.2, 0) is 0 Å². The summed E-state index contributed by atoms with van der Waals surface area (Å²) in [7, 11) is 0. The minimum atomic E-state index is -0.555. The van der Waals surface area contributed by atoms with Crippen LogP contribution in [0.25, 0.3) is 6.08 Å². The topological polar surface area (TPSA) is 43.1 Å². The molecular formula is C9H7BrFNO2. The minimum absolute atomic E-state index is 0.0954. The van der Waals surface area contributed by atoms with Crippen molar-refractivity contribution in [3.05, 3.63) is 49.9 Å². The summed E-state index contributed by atoms with van der Waals surface area (Å²) in [6.45, 7) is 1.32. The van der Waals surface area contributed by atoms with Gasteiger partial charge in [-0.1, -0.05) is 15.9 Å². The smallest absolute Gasteiger partial charge is 0.243 e. The summed E-state index contributed by atoms with van der Waals surface area (Å²) in [6.07, 6.45) is 1.19. The largest absolute Gasteiger partial charge is 0.259 e. The fraction of sp³-hybridized carbons (Fsp3) is 0.111. The minimum Gasteiger partial charge on any atom is -0.259 e. The Balaban J connectivity index is 3.13. The van der Waals surface area contributed by atoms with Crippen LogP contribution in [0.1, 0.15) is 12.5 Å². The highest BCUT2D eigenvalue weighted by molar-refractivity contribution is 9.10. The quantitative estimate of drug-likeness (QED) is 0.605. The van der Waals surface area contributed by atoms with E-state index in [-0.39, 0.29) is 11.3 Å². The highest BCUT2D eigenvalue weighted by atomic mass is 79.9. The number of hydrogen-bond acceptors (Lipinski definition) is 2. The molecule has 0 fully saturated rings. The van der Waals surface area contributed by atoms with Crippen LogP contribution >= 0.6 is 15.9 Å².